The molecule has 1 aliphatic heterocycles. The summed E-state index contributed by atoms with van der Waals surface area (Å²) in [6, 6.07) is 4.91. The van der Waals surface area contributed by atoms with E-state index in [2.05, 4.69) is 5.32 Å². The first kappa shape index (κ1) is 19.3. The van der Waals surface area contributed by atoms with E-state index in [1.165, 1.54) is 12.1 Å². The van der Waals surface area contributed by atoms with Crippen LogP contribution in [-0.2, 0) is 22.2 Å². The fraction of sp³-hybridized carbons (Fsp3) is 0.556. The Bertz CT molecular complexity index is 612. The lowest BCUT2D eigenvalue weighted by atomic mass is 10.1. The normalized spacial score (nSPS) is 18.1. The molecule has 1 heterocycles. The zero-order valence-electron chi connectivity index (χ0n) is 14.4. The molecular formula is C18H23F3N2O2. The summed E-state index contributed by atoms with van der Waals surface area (Å²) < 4.78 is 37.5. The lowest BCUT2D eigenvalue weighted by molar-refractivity contribution is -0.137. The number of benzene rings is 1. The van der Waals surface area contributed by atoms with E-state index in [-0.39, 0.29) is 24.2 Å². The fourth-order valence-electron chi connectivity index (χ4n) is 2.90. The Balaban J connectivity index is 1.78. The van der Waals surface area contributed by atoms with Crippen LogP contribution >= 0.6 is 0 Å². The smallest absolute Gasteiger partial charge is 0.355 e. The van der Waals surface area contributed by atoms with Crippen molar-refractivity contribution in [2.45, 2.75) is 32.9 Å². The van der Waals surface area contributed by atoms with Crippen molar-refractivity contribution >= 4 is 11.8 Å². The lowest BCUT2D eigenvalue weighted by Gasteiger charge is -2.18. The summed E-state index contributed by atoms with van der Waals surface area (Å²) in [5.74, 6) is -0.174. The number of likely N-dealkylation sites (tertiary alicyclic amines) is 1. The van der Waals surface area contributed by atoms with Gasteiger partial charge in [-0.3, -0.25) is 9.59 Å². The molecule has 1 aromatic rings. The number of hydrogen-bond acceptors (Lipinski definition) is 2. The summed E-state index contributed by atoms with van der Waals surface area (Å²) in [4.78, 5) is 25.8. The van der Waals surface area contributed by atoms with E-state index in [1.807, 2.05) is 13.8 Å². The van der Waals surface area contributed by atoms with Crippen molar-refractivity contribution in [2.24, 2.45) is 11.8 Å². The van der Waals surface area contributed by atoms with Crippen molar-refractivity contribution < 1.29 is 22.8 Å². The summed E-state index contributed by atoms with van der Waals surface area (Å²) in [6.45, 7) is 5.45. The summed E-state index contributed by atoms with van der Waals surface area (Å²) in [7, 11) is 0. The molecule has 0 spiro atoms. The molecule has 1 N–H and O–H groups in total. The van der Waals surface area contributed by atoms with E-state index >= 15 is 0 Å². The van der Waals surface area contributed by atoms with Crippen LogP contribution in [0.5, 0.6) is 0 Å². The fourth-order valence-corrected chi connectivity index (χ4v) is 2.90. The number of nitrogens with one attached hydrogen (secondary N) is 1. The first-order valence-electron chi connectivity index (χ1n) is 8.38. The molecule has 1 atom stereocenters. The SMILES string of the molecule is CC(C)CN1C[C@@H](C(=O)NCCc2ccc(C(F)(F)F)cc2)CC1=O. The molecule has 0 aromatic heterocycles. The van der Waals surface area contributed by atoms with Gasteiger partial charge in [-0.2, -0.15) is 13.2 Å². The third kappa shape index (κ3) is 5.47. The minimum absolute atomic E-state index is 0.00316. The van der Waals surface area contributed by atoms with Gasteiger partial charge in [0.15, 0.2) is 0 Å². The highest BCUT2D eigenvalue weighted by atomic mass is 19.4. The number of alkyl halides is 3. The topological polar surface area (TPSA) is 49.4 Å². The van der Waals surface area contributed by atoms with Gasteiger partial charge in [-0.15, -0.1) is 0 Å². The van der Waals surface area contributed by atoms with Gasteiger partial charge in [0.1, 0.15) is 0 Å². The van der Waals surface area contributed by atoms with Gasteiger partial charge < -0.3 is 10.2 Å². The predicted octanol–water partition coefficient (Wildman–Crippen LogP) is 2.87. The second-order valence-electron chi connectivity index (χ2n) is 6.83. The second kappa shape index (κ2) is 7.89. The summed E-state index contributed by atoms with van der Waals surface area (Å²) in [6.07, 6.45) is -3.68. The minimum Gasteiger partial charge on any atom is -0.355 e. The highest BCUT2D eigenvalue weighted by Crippen LogP contribution is 2.29. The van der Waals surface area contributed by atoms with Crippen molar-refractivity contribution in [3.63, 3.8) is 0 Å². The Labute approximate surface area is 145 Å². The first-order valence-corrected chi connectivity index (χ1v) is 8.38. The van der Waals surface area contributed by atoms with E-state index in [0.29, 0.717) is 32.0 Å². The minimum atomic E-state index is -4.34. The third-order valence-electron chi connectivity index (χ3n) is 4.16. The van der Waals surface area contributed by atoms with E-state index in [4.69, 9.17) is 0 Å². The number of carbonyl (C=O) groups is 2. The summed E-state index contributed by atoms with van der Waals surface area (Å²) >= 11 is 0. The maximum atomic E-state index is 12.5. The maximum absolute atomic E-state index is 12.5. The van der Waals surface area contributed by atoms with Crippen molar-refractivity contribution in [1.82, 2.24) is 10.2 Å². The van der Waals surface area contributed by atoms with E-state index in [1.54, 1.807) is 4.90 Å². The van der Waals surface area contributed by atoms with Crippen LogP contribution in [0.3, 0.4) is 0 Å². The van der Waals surface area contributed by atoms with Crippen LogP contribution in [0.25, 0.3) is 0 Å². The van der Waals surface area contributed by atoms with Crippen LogP contribution in [0.2, 0.25) is 0 Å². The number of nitrogens with zero attached hydrogens (tertiary/aromatic N) is 1. The molecular weight excluding hydrogens is 333 g/mol. The van der Waals surface area contributed by atoms with Crippen LogP contribution < -0.4 is 5.32 Å². The highest BCUT2D eigenvalue weighted by Gasteiger charge is 2.34. The largest absolute Gasteiger partial charge is 0.416 e. The first-order chi connectivity index (χ1) is 11.7. The van der Waals surface area contributed by atoms with E-state index in [0.717, 1.165) is 17.7 Å². The van der Waals surface area contributed by atoms with Gasteiger partial charge >= 0.3 is 6.18 Å². The zero-order valence-corrected chi connectivity index (χ0v) is 14.4. The van der Waals surface area contributed by atoms with Crippen LogP contribution in [0.4, 0.5) is 13.2 Å². The quantitative estimate of drug-likeness (QED) is 0.852. The van der Waals surface area contributed by atoms with Gasteiger partial charge in [-0.1, -0.05) is 26.0 Å². The van der Waals surface area contributed by atoms with Crippen LogP contribution in [0.15, 0.2) is 24.3 Å². The number of carbonyl (C=O) groups excluding carboxylic acids is 2. The van der Waals surface area contributed by atoms with Crippen molar-refractivity contribution in [1.29, 1.82) is 0 Å². The molecule has 1 saturated heterocycles. The molecule has 4 nitrogen and oxygen atoms in total. The van der Waals surface area contributed by atoms with Gasteiger partial charge in [0, 0.05) is 26.1 Å². The lowest BCUT2D eigenvalue weighted by Crippen LogP contribution is -2.35. The molecule has 138 valence electrons. The molecule has 1 aromatic carbocycles. The highest BCUT2D eigenvalue weighted by molar-refractivity contribution is 5.89. The maximum Gasteiger partial charge on any atom is 0.416 e. The molecule has 2 rings (SSSR count). The molecule has 0 aliphatic carbocycles. The summed E-state index contributed by atoms with van der Waals surface area (Å²) in [5, 5.41) is 2.77. The van der Waals surface area contributed by atoms with Crippen LogP contribution in [0.1, 0.15) is 31.4 Å². The second-order valence-corrected chi connectivity index (χ2v) is 6.83. The van der Waals surface area contributed by atoms with Gasteiger partial charge in [0.25, 0.3) is 0 Å². The average molecular weight is 356 g/mol. The van der Waals surface area contributed by atoms with Crippen LogP contribution in [0, 0.1) is 11.8 Å². The Morgan fingerprint density at radius 2 is 1.92 bits per heavy atom. The summed E-state index contributed by atoms with van der Waals surface area (Å²) in [5.41, 5.74) is 0.0345. The van der Waals surface area contributed by atoms with Crippen molar-refractivity contribution in [3.8, 4) is 0 Å². The molecule has 2 amide bonds. The molecule has 25 heavy (non-hydrogen) atoms. The standard InChI is InChI=1S/C18H23F3N2O2/c1-12(2)10-23-11-14(9-16(23)24)17(25)22-8-7-13-3-5-15(6-4-13)18(19,20)21/h3-6,12,14H,7-11H2,1-2H3,(H,22,25)/t14-/m0/s1. The molecule has 0 bridgehead atoms. The van der Waals surface area contributed by atoms with Crippen molar-refractivity contribution in [2.75, 3.05) is 19.6 Å². The van der Waals surface area contributed by atoms with Crippen molar-refractivity contribution in [3.05, 3.63) is 35.4 Å². The number of hydrogen-bond donors (Lipinski definition) is 1. The van der Waals surface area contributed by atoms with Gasteiger partial charge in [0.05, 0.1) is 11.5 Å². The Morgan fingerprint density at radius 3 is 2.48 bits per heavy atom. The van der Waals surface area contributed by atoms with Gasteiger partial charge in [-0.05, 0) is 30.0 Å². The molecule has 0 saturated carbocycles. The predicted molar refractivity (Wildman–Crippen MR) is 87.7 cm³/mol. The van der Waals surface area contributed by atoms with E-state index < -0.39 is 11.7 Å². The Morgan fingerprint density at radius 1 is 1.28 bits per heavy atom. The monoisotopic (exact) mass is 356 g/mol. The molecule has 0 radical (unpaired) electrons. The molecule has 1 fully saturated rings. The number of amides is 2. The van der Waals surface area contributed by atoms with Crippen LogP contribution in [-0.4, -0.2) is 36.3 Å². The molecule has 1 aliphatic rings. The molecule has 7 heteroatoms. The average Bonchev–Trinajstić information content (AvgIpc) is 2.87. The van der Waals surface area contributed by atoms with E-state index in [9.17, 15) is 22.8 Å². The Kier molecular flexibility index (Phi) is 6.08. The number of halogens is 3. The number of rotatable bonds is 6. The molecule has 0 unspecified atom stereocenters. The zero-order chi connectivity index (χ0) is 18.6. The Hall–Kier alpha value is -2.05. The third-order valence-corrected chi connectivity index (χ3v) is 4.16. The van der Waals surface area contributed by atoms with Gasteiger partial charge in [0.2, 0.25) is 11.8 Å². The van der Waals surface area contributed by atoms with Gasteiger partial charge in [-0.25, -0.2) is 0 Å².